The van der Waals surface area contributed by atoms with Gasteiger partial charge in [-0.3, -0.25) is 0 Å². The van der Waals surface area contributed by atoms with Gasteiger partial charge in [0.2, 0.25) is 0 Å². The highest BCUT2D eigenvalue weighted by atomic mass is 15.3. The first-order valence-corrected chi connectivity index (χ1v) is 6.38. The van der Waals surface area contributed by atoms with Crippen LogP contribution >= 0.6 is 0 Å². The van der Waals surface area contributed by atoms with Crippen molar-refractivity contribution in [2.24, 2.45) is 5.73 Å². The highest BCUT2D eigenvalue weighted by molar-refractivity contribution is 4.70. The molecule has 2 heteroatoms. The van der Waals surface area contributed by atoms with Crippen molar-refractivity contribution >= 4 is 0 Å². The molecule has 0 radical (unpaired) electrons. The van der Waals surface area contributed by atoms with Crippen LogP contribution in [0.4, 0.5) is 0 Å². The lowest BCUT2D eigenvalue weighted by molar-refractivity contribution is -0.891. The zero-order valence-electron chi connectivity index (χ0n) is 11.5. The van der Waals surface area contributed by atoms with E-state index in [-0.39, 0.29) is 5.54 Å². The third-order valence-corrected chi connectivity index (χ3v) is 2.98. The third kappa shape index (κ3) is 10.2. The largest absolute Gasteiger partial charge is 0.328 e. The third-order valence-electron chi connectivity index (χ3n) is 2.98. The van der Waals surface area contributed by atoms with E-state index in [4.69, 9.17) is 5.73 Å². The molecule has 0 atom stereocenters. The van der Waals surface area contributed by atoms with Gasteiger partial charge in [0, 0.05) is 12.0 Å². The first kappa shape index (κ1) is 14.9. The first-order valence-electron chi connectivity index (χ1n) is 6.38. The molecule has 0 saturated heterocycles. The number of nitrogens with zero attached hydrogens (tertiary/aromatic N) is 1. The molecule has 0 aliphatic carbocycles. The van der Waals surface area contributed by atoms with Crippen LogP contribution in [0.25, 0.3) is 0 Å². The summed E-state index contributed by atoms with van der Waals surface area (Å²) >= 11 is 0. The quantitative estimate of drug-likeness (QED) is 0.489. The summed E-state index contributed by atoms with van der Waals surface area (Å²) in [5.41, 5.74) is 5.99. The van der Waals surface area contributed by atoms with Gasteiger partial charge in [0.05, 0.1) is 27.2 Å². The first-order chi connectivity index (χ1) is 6.77. The summed E-state index contributed by atoms with van der Waals surface area (Å²) in [6.07, 6.45) is 6.54. The molecule has 2 N–H and O–H groups in total. The van der Waals surface area contributed by atoms with Crippen molar-refractivity contribution in [3.8, 4) is 0 Å². The minimum atomic E-state index is -0.0149. The van der Waals surface area contributed by atoms with Gasteiger partial charge in [-0.15, -0.1) is 0 Å². The Morgan fingerprint density at radius 3 is 2.07 bits per heavy atom. The maximum atomic E-state index is 6.01. The maximum Gasteiger partial charge on any atom is 0.0800 e. The van der Waals surface area contributed by atoms with Gasteiger partial charge in [-0.2, -0.15) is 0 Å². The molecule has 2 nitrogen and oxygen atoms in total. The monoisotopic (exact) mass is 215 g/mol. The van der Waals surface area contributed by atoms with E-state index < -0.39 is 0 Å². The van der Waals surface area contributed by atoms with Crippen LogP contribution in [0.3, 0.4) is 0 Å². The molecule has 0 aliphatic rings. The topological polar surface area (TPSA) is 26.0 Å². The van der Waals surface area contributed by atoms with Crippen molar-refractivity contribution in [2.75, 3.05) is 27.2 Å². The average molecular weight is 215 g/mol. The second-order valence-electron chi connectivity index (χ2n) is 6.18. The van der Waals surface area contributed by atoms with Crippen molar-refractivity contribution in [3.05, 3.63) is 0 Å². The van der Waals surface area contributed by atoms with Crippen LogP contribution in [0.1, 0.15) is 52.9 Å². The molecule has 0 aromatic rings. The molecule has 0 rings (SSSR count). The fourth-order valence-corrected chi connectivity index (χ4v) is 1.67. The summed E-state index contributed by atoms with van der Waals surface area (Å²) in [6.45, 7) is 8.97. The second kappa shape index (κ2) is 6.49. The van der Waals surface area contributed by atoms with E-state index in [0.717, 1.165) is 10.9 Å². The fourth-order valence-electron chi connectivity index (χ4n) is 1.67. The zero-order chi connectivity index (χ0) is 11.9. The lowest BCUT2D eigenvalue weighted by Crippen LogP contribution is -2.45. The highest BCUT2D eigenvalue weighted by Gasteiger charge is 2.19. The molecular formula is C13H31N2+. The van der Waals surface area contributed by atoms with Crippen molar-refractivity contribution < 1.29 is 4.48 Å². The minimum Gasteiger partial charge on any atom is -0.328 e. The van der Waals surface area contributed by atoms with Gasteiger partial charge >= 0.3 is 0 Å². The van der Waals surface area contributed by atoms with Crippen molar-refractivity contribution in [1.82, 2.24) is 0 Å². The predicted molar refractivity (Wildman–Crippen MR) is 68.9 cm³/mol. The van der Waals surface area contributed by atoms with Gasteiger partial charge in [0.15, 0.2) is 0 Å². The molecule has 0 amide bonds. The molecule has 92 valence electrons. The summed E-state index contributed by atoms with van der Waals surface area (Å²) in [4.78, 5) is 0. The van der Waals surface area contributed by atoms with Crippen molar-refractivity contribution in [3.63, 3.8) is 0 Å². The zero-order valence-corrected chi connectivity index (χ0v) is 11.5. The molecule has 0 aromatic carbocycles. The molecule has 0 aromatic heterocycles. The Kier molecular flexibility index (Phi) is 6.46. The molecule has 0 saturated carbocycles. The molecule has 0 unspecified atom stereocenters. The standard InChI is InChI=1S/C13H31N2/c1-6-7-8-9-11-15(4,5)12-10-13(2,3)14/h6-12,14H2,1-5H3/q+1. The highest BCUT2D eigenvalue weighted by Crippen LogP contribution is 2.10. The van der Waals surface area contributed by atoms with Crippen LogP contribution in [0.5, 0.6) is 0 Å². The number of rotatable bonds is 8. The minimum absolute atomic E-state index is 0.0149. The van der Waals surface area contributed by atoms with Crippen LogP contribution in [-0.4, -0.2) is 37.2 Å². The Morgan fingerprint density at radius 1 is 1.00 bits per heavy atom. The van der Waals surface area contributed by atoms with Gasteiger partial charge in [-0.25, -0.2) is 0 Å². The van der Waals surface area contributed by atoms with Gasteiger partial charge in [-0.1, -0.05) is 19.8 Å². The van der Waals surface area contributed by atoms with Crippen molar-refractivity contribution in [2.45, 2.75) is 58.4 Å². The van der Waals surface area contributed by atoms with E-state index >= 15 is 0 Å². The molecule has 0 heterocycles. The fraction of sp³-hybridized carbons (Fsp3) is 1.00. The van der Waals surface area contributed by atoms with Crippen molar-refractivity contribution in [1.29, 1.82) is 0 Å². The molecule has 0 spiro atoms. The molecule has 15 heavy (non-hydrogen) atoms. The van der Waals surface area contributed by atoms with Crippen LogP contribution < -0.4 is 5.73 Å². The van der Waals surface area contributed by atoms with Gasteiger partial charge in [0.25, 0.3) is 0 Å². The van der Waals surface area contributed by atoms with E-state index in [1.165, 1.54) is 38.8 Å². The van der Waals surface area contributed by atoms with E-state index in [2.05, 4.69) is 34.9 Å². The number of hydrogen-bond acceptors (Lipinski definition) is 1. The normalized spacial score (nSPS) is 13.2. The number of quaternary nitrogens is 1. The summed E-state index contributed by atoms with van der Waals surface area (Å²) in [5, 5.41) is 0. The van der Waals surface area contributed by atoms with Crippen LogP contribution in [0.2, 0.25) is 0 Å². The summed E-state index contributed by atoms with van der Waals surface area (Å²) in [7, 11) is 4.63. The smallest absolute Gasteiger partial charge is 0.0800 e. The Labute approximate surface area is 96.4 Å². The summed E-state index contributed by atoms with van der Waals surface area (Å²) < 4.78 is 1.12. The molecule has 0 fully saturated rings. The maximum absolute atomic E-state index is 6.01. The molecular weight excluding hydrogens is 184 g/mol. The Morgan fingerprint density at radius 2 is 1.60 bits per heavy atom. The SMILES string of the molecule is CCCCCC[N+](C)(C)CCC(C)(C)N. The summed E-state index contributed by atoms with van der Waals surface area (Å²) in [5.74, 6) is 0. The van der Waals surface area contributed by atoms with Crippen LogP contribution in [0.15, 0.2) is 0 Å². The van der Waals surface area contributed by atoms with E-state index in [1.807, 2.05) is 0 Å². The number of unbranched alkanes of at least 4 members (excludes halogenated alkanes) is 3. The predicted octanol–water partition coefficient (Wildman–Crippen LogP) is 2.77. The lowest BCUT2D eigenvalue weighted by atomic mass is 10.0. The Bertz CT molecular complexity index is 156. The van der Waals surface area contributed by atoms with E-state index in [0.29, 0.717) is 0 Å². The number of nitrogens with two attached hydrogens (primary N) is 1. The van der Waals surface area contributed by atoms with Crippen LogP contribution in [0, 0.1) is 0 Å². The van der Waals surface area contributed by atoms with Gasteiger partial charge in [0.1, 0.15) is 0 Å². The van der Waals surface area contributed by atoms with E-state index in [1.54, 1.807) is 0 Å². The second-order valence-corrected chi connectivity index (χ2v) is 6.18. The average Bonchev–Trinajstić information content (AvgIpc) is 2.09. The van der Waals surface area contributed by atoms with Gasteiger partial charge in [-0.05, 0) is 26.7 Å². The molecule has 0 bridgehead atoms. The Hall–Kier alpha value is -0.0800. The number of hydrogen-bond donors (Lipinski definition) is 1. The van der Waals surface area contributed by atoms with Gasteiger partial charge < -0.3 is 10.2 Å². The van der Waals surface area contributed by atoms with E-state index in [9.17, 15) is 0 Å². The Balaban J connectivity index is 3.67. The summed E-state index contributed by atoms with van der Waals surface area (Å²) in [6, 6.07) is 0. The van der Waals surface area contributed by atoms with Crippen LogP contribution in [-0.2, 0) is 0 Å². The lowest BCUT2D eigenvalue weighted by Gasteiger charge is -2.32. The molecule has 0 aliphatic heterocycles.